The summed E-state index contributed by atoms with van der Waals surface area (Å²) in [7, 11) is 0. The van der Waals surface area contributed by atoms with Crippen molar-refractivity contribution >= 4 is 23.2 Å². The highest BCUT2D eigenvalue weighted by Gasteiger charge is 2.31. The molecule has 0 spiro atoms. The summed E-state index contributed by atoms with van der Waals surface area (Å²) in [6.45, 7) is 4.73. The Kier molecular flexibility index (Phi) is 5.48. The number of morpholine rings is 1. The molecule has 1 amide bonds. The Bertz CT molecular complexity index is 611. The number of anilines is 1. The topological polar surface area (TPSA) is 76.8 Å². The number of piperidine rings is 1. The lowest BCUT2D eigenvalue weighted by Gasteiger charge is -2.42. The number of fused-ring (bicyclic) bond motifs is 1. The van der Waals surface area contributed by atoms with E-state index in [0.717, 1.165) is 6.54 Å². The van der Waals surface area contributed by atoms with Crippen LogP contribution in [0.4, 0.5) is 5.69 Å². The van der Waals surface area contributed by atoms with Crippen LogP contribution in [-0.2, 0) is 4.74 Å². The first-order valence-corrected chi connectivity index (χ1v) is 8.84. The molecule has 7 heteroatoms. The van der Waals surface area contributed by atoms with Gasteiger partial charge in [0.1, 0.15) is 12.0 Å². The first kappa shape index (κ1) is 17.3. The first-order chi connectivity index (χ1) is 11.6. The third kappa shape index (κ3) is 3.77. The Hall–Kier alpha value is -1.50. The molecule has 24 heavy (non-hydrogen) atoms. The fourth-order valence-electron chi connectivity index (χ4n) is 3.31. The zero-order valence-corrected chi connectivity index (χ0v) is 14.6. The van der Waals surface area contributed by atoms with E-state index < -0.39 is 0 Å². The smallest absolute Gasteiger partial charge is 0.257 e. The molecule has 2 fully saturated rings. The van der Waals surface area contributed by atoms with Crippen LogP contribution < -0.4 is 15.8 Å². The number of nitrogens with two attached hydrogens (primary N) is 1. The summed E-state index contributed by atoms with van der Waals surface area (Å²) in [6.07, 6.45) is 3.31. The lowest BCUT2D eigenvalue weighted by molar-refractivity contribution is -0.0836. The van der Waals surface area contributed by atoms with Crippen molar-refractivity contribution in [3.05, 3.63) is 22.7 Å². The molecule has 3 rings (SSSR count). The van der Waals surface area contributed by atoms with Gasteiger partial charge < -0.3 is 20.5 Å². The van der Waals surface area contributed by atoms with Crippen molar-refractivity contribution in [2.75, 3.05) is 32.0 Å². The predicted octanol–water partition coefficient (Wildman–Crippen LogP) is 2.26. The van der Waals surface area contributed by atoms with Gasteiger partial charge in [0, 0.05) is 18.7 Å². The number of rotatable bonds is 4. The summed E-state index contributed by atoms with van der Waals surface area (Å²) in [6, 6.07) is 3.62. The number of halogens is 1. The predicted molar refractivity (Wildman–Crippen MR) is 93.5 cm³/mol. The minimum atomic E-state index is -0.322. The Morgan fingerprint density at radius 3 is 3.12 bits per heavy atom. The van der Waals surface area contributed by atoms with Crippen molar-refractivity contribution in [1.82, 2.24) is 10.2 Å². The quantitative estimate of drug-likeness (QED) is 0.812. The lowest BCUT2D eigenvalue weighted by Crippen LogP contribution is -2.56. The molecular weight excluding hydrogens is 330 g/mol. The van der Waals surface area contributed by atoms with E-state index in [1.807, 2.05) is 6.92 Å². The van der Waals surface area contributed by atoms with Crippen LogP contribution in [0.15, 0.2) is 12.1 Å². The van der Waals surface area contributed by atoms with Gasteiger partial charge in [0.15, 0.2) is 0 Å². The van der Waals surface area contributed by atoms with E-state index in [4.69, 9.17) is 26.8 Å². The number of hydrogen-bond donors (Lipinski definition) is 2. The summed E-state index contributed by atoms with van der Waals surface area (Å²) in [5.41, 5.74) is 6.57. The maximum absolute atomic E-state index is 12.6. The van der Waals surface area contributed by atoms with E-state index in [1.165, 1.54) is 19.3 Å². The second-order valence-corrected chi connectivity index (χ2v) is 6.65. The number of benzene rings is 1. The molecule has 132 valence electrons. The standard InChI is InChI=1S/C17H24ClN3O3/c1-2-23-15-8-14(19)13(18)7-12(15)17(22)20-16-9-21-6-4-3-5-11(21)10-24-16/h7-8,11,16H,2-6,9-10,19H2,1H3,(H,20,22). The van der Waals surface area contributed by atoms with Gasteiger partial charge >= 0.3 is 0 Å². The number of carbonyl (C=O) groups is 1. The number of ether oxygens (including phenoxy) is 2. The molecule has 1 aromatic rings. The maximum Gasteiger partial charge on any atom is 0.257 e. The Balaban J connectivity index is 1.69. The van der Waals surface area contributed by atoms with E-state index in [-0.39, 0.29) is 12.1 Å². The molecule has 6 nitrogen and oxygen atoms in total. The van der Waals surface area contributed by atoms with Gasteiger partial charge in [-0.25, -0.2) is 0 Å². The molecule has 1 aromatic carbocycles. The van der Waals surface area contributed by atoms with Gasteiger partial charge in [-0.1, -0.05) is 18.0 Å². The largest absolute Gasteiger partial charge is 0.493 e. The van der Waals surface area contributed by atoms with Crippen LogP contribution in [-0.4, -0.2) is 49.4 Å². The Morgan fingerprint density at radius 2 is 2.33 bits per heavy atom. The first-order valence-electron chi connectivity index (χ1n) is 8.46. The summed E-state index contributed by atoms with van der Waals surface area (Å²) in [5.74, 6) is 0.171. The average Bonchev–Trinajstić information content (AvgIpc) is 2.58. The fourth-order valence-corrected chi connectivity index (χ4v) is 3.48. The number of carbonyl (C=O) groups excluding carboxylic acids is 1. The van der Waals surface area contributed by atoms with Crippen LogP contribution in [0.3, 0.4) is 0 Å². The van der Waals surface area contributed by atoms with Crippen molar-refractivity contribution in [1.29, 1.82) is 0 Å². The van der Waals surface area contributed by atoms with Crippen molar-refractivity contribution in [2.24, 2.45) is 0 Å². The molecule has 0 saturated carbocycles. The SMILES string of the molecule is CCOc1cc(N)c(Cl)cc1C(=O)NC1CN2CCCCC2CO1. The van der Waals surface area contributed by atoms with Gasteiger partial charge in [0.2, 0.25) is 0 Å². The Labute approximate surface area is 147 Å². The van der Waals surface area contributed by atoms with Crippen LogP contribution in [0.2, 0.25) is 5.02 Å². The monoisotopic (exact) mass is 353 g/mol. The van der Waals surface area contributed by atoms with Gasteiger partial charge in [0.05, 0.1) is 29.5 Å². The number of amides is 1. The van der Waals surface area contributed by atoms with E-state index in [0.29, 0.717) is 47.8 Å². The highest BCUT2D eigenvalue weighted by molar-refractivity contribution is 6.33. The van der Waals surface area contributed by atoms with E-state index >= 15 is 0 Å². The minimum absolute atomic E-state index is 0.263. The third-order valence-corrected chi connectivity index (χ3v) is 4.90. The van der Waals surface area contributed by atoms with Gasteiger partial charge in [-0.3, -0.25) is 9.69 Å². The van der Waals surface area contributed by atoms with E-state index in [9.17, 15) is 4.79 Å². The van der Waals surface area contributed by atoms with Gasteiger partial charge in [-0.15, -0.1) is 0 Å². The molecule has 2 aliphatic heterocycles. The molecule has 0 aliphatic carbocycles. The van der Waals surface area contributed by atoms with Crippen molar-refractivity contribution in [3.8, 4) is 5.75 Å². The summed E-state index contributed by atoms with van der Waals surface area (Å²) < 4.78 is 11.3. The van der Waals surface area contributed by atoms with Gasteiger partial charge in [-0.05, 0) is 32.4 Å². The molecule has 2 aliphatic rings. The minimum Gasteiger partial charge on any atom is -0.493 e. The number of nitrogens with one attached hydrogen (secondary N) is 1. The third-order valence-electron chi connectivity index (χ3n) is 4.57. The summed E-state index contributed by atoms with van der Waals surface area (Å²) in [5, 5.41) is 3.27. The lowest BCUT2D eigenvalue weighted by atomic mass is 10.0. The normalized spacial score (nSPS) is 24.2. The molecular formula is C17H24ClN3O3. The van der Waals surface area contributed by atoms with Gasteiger partial charge in [0.25, 0.3) is 5.91 Å². The van der Waals surface area contributed by atoms with Crippen molar-refractivity contribution in [2.45, 2.75) is 38.5 Å². The second kappa shape index (κ2) is 7.59. The summed E-state index contributed by atoms with van der Waals surface area (Å²) >= 11 is 6.06. The maximum atomic E-state index is 12.6. The number of hydrogen-bond acceptors (Lipinski definition) is 5. The molecule has 2 atom stereocenters. The Morgan fingerprint density at radius 1 is 1.50 bits per heavy atom. The fraction of sp³-hybridized carbons (Fsp3) is 0.588. The molecule has 2 heterocycles. The molecule has 0 radical (unpaired) electrons. The van der Waals surface area contributed by atoms with Crippen LogP contribution >= 0.6 is 11.6 Å². The van der Waals surface area contributed by atoms with Crippen LogP contribution in [0.5, 0.6) is 5.75 Å². The van der Waals surface area contributed by atoms with E-state index in [1.54, 1.807) is 12.1 Å². The molecule has 2 unspecified atom stereocenters. The number of nitrogens with zero attached hydrogens (tertiary/aromatic N) is 1. The van der Waals surface area contributed by atoms with Crippen LogP contribution in [0.25, 0.3) is 0 Å². The zero-order chi connectivity index (χ0) is 17.1. The molecule has 2 saturated heterocycles. The highest BCUT2D eigenvalue weighted by atomic mass is 35.5. The highest BCUT2D eigenvalue weighted by Crippen LogP contribution is 2.29. The van der Waals surface area contributed by atoms with Crippen LogP contribution in [0, 0.1) is 0 Å². The average molecular weight is 354 g/mol. The van der Waals surface area contributed by atoms with Crippen molar-refractivity contribution < 1.29 is 14.3 Å². The summed E-state index contributed by atoms with van der Waals surface area (Å²) in [4.78, 5) is 15.0. The van der Waals surface area contributed by atoms with E-state index in [2.05, 4.69) is 10.2 Å². The number of nitrogen functional groups attached to an aromatic ring is 1. The zero-order valence-electron chi connectivity index (χ0n) is 13.9. The second-order valence-electron chi connectivity index (χ2n) is 6.24. The van der Waals surface area contributed by atoms with Crippen LogP contribution in [0.1, 0.15) is 36.5 Å². The molecule has 3 N–H and O–H groups in total. The molecule has 0 bridgehead atoms. The van der Waals surface area contributed by atoms with Crippen molar-refractivity contribution in [3.63, 3.8) is 0 Å². The van der Waals surface area contributed by atoms with Gasteiger partial charge in [-0.2, -0.15) is 0 Å². The molecule has 0 aromatic heterocycles.